The smallest absolute Gasteiger partial charge is 0.338 e. The Labute approximate surface area is 164 Å². The minimum Gasteiger partial charge on any atom is -0.457 e. The van der Waals surface area contributed by atoms with E-state index in [4.69, 9.17) is 4.74 Å². The zero-order valence-corrected chi connectivity index (χ0v) is 16.4. The molecule has 0 saturated heterocycles. The van der Waals surface area contributed by atoms with Gasteiger partial charge in [0.15, 0.2) is 0 Å². The molecule has 144 valence electrons. The van der Waals surface area contributed by atoms with Crippen molar-refractivity contribution in [2.45, 2.75) is 18.4 Å². The second kappa shape index (κ2) is 8.22. The third kappa shape index (κ3) is 4.37. The highest BCUT2D eigenvalue weighted by atomic mass is 32.2. The van der Waals surface area contributed by atoms with E-state index in [1.807, 2.05) is 13.0 Å². The number of esters is 1. The van der Waals surface area contributed by atoms with Crippen molar-refractivity contribution in [3.8, 4) is 0 Å². The molecule has 1 aromatic heterocycles. The Kier molecular flexibility index (Phi) is 5.75. The summed E-state index contributed by atoms with van der Waals surface area (Å²) in [7, 11) is -2.20. The molecular weight excluding hydrogens is 376 g/mol. The maximum absolute atomic E-state index is 12.8. The summed E-state index contributed by atoms with van der Waals surface area (Å²) in [6.45, 7) is 2.02. The lowest BCUT2D eigenvalue weighted by Gasteiger charge is -2.19. The number of anilines is 1. The molecule has 0 aliphatic rings. The highest BCUT2D eigenvalue weighted by Gasteiger charge is 2.21. The molecular formula is C21H20N2O4S. The molecule has 0 aliphatic heterocycles. The first kappa shape index (κ1) is 19.6. The van der Waals surface area contributed by atoms with E-state index in [0.29, 0.717) is 11.3 Å². The van der Waals surface area contributed by atoms with E-state index < -0.39 is 16.0 Å². The van der Waals surface area contributed by atoms with Gasteiger partial charge in [-0.3, -0.25) is 9.29 Å². The van der Waals surface area contributed by atoms with E-state index in [-0.39, 0.29) is 11.5 Å². The minimum absolute atomic E-state index is 0.121. The van der Waals surface area contributed by atoms with Crippen LogP contribution in [0.3, 0.4) is 0 Å². The molecule has 3 aromatic rings. The van der Waals surface area contributed by atoms with Crippen LogP contribution >= 0.6 is 0 Å². The average Bonchev–Trinajstić information content (AvgIpc) is 2.72. The van der Waals surface area contributed by atoms with E-state index in [2.05, 4.69) is 4.98 Å². The minimum atomic E-state index is -3.68. The van der Waals surface area contributed by atoms with Crippen LogP contribution in [0.1, 0.15) is 21.5 Å². The van der Waals surface area contributed by atoms with Crippen molar-refractivity contribution in [3.05, 3.63) is 89.7 Å². The van der Waals surface area contributed by atoms with Crippen LogP contribution in [0.5, 0.6) is 0 Å². The third-order valence-electron chi connectivity index (χ3n) is 4.24. The number of benzene rings is 2. The number of sulfonamides is 1. The van der Waals surface area contributed by atoms with Crippen LogP contribution in [-0.2, 0) is 21.4 Å². The number of pyridine rings is 1. The van der Waals surface area contributed by atoms with Crippen LogP contribution in [0.2, 0.25) is 0 Å². The molecule has 28 heavy (non-hydrogen) atoms. The second-order valence-electron chi connectivity index (χ2n) is 6.27. The molecule has 7 heteroatoms. The molecule has 0 aliphatic carbocycles. The zero-order valence-electron chi connectivity index (χ0n) is 15.6. The third-order valence-corrected chi connectivity index (χ3v) is 6.04. The fraction of sp³-hybridized carbons (Fsp3) is 0.143. The summed E-state index contributed by atoms with van der Waals surface area (Å²) in [5.41, 5.74) is 2.56. The molecule has 0 radical (unpaired) electrons. The van der Waals surface area contributed by atoms with Gasteiger partial charge in [-0.25, -0.2) is 13.2 Å². The molecule has 0 saturated carbocycles. The Balaban J connectivity index is 1.70. The van der Waals surface area contributed by atoms with Crippen molar-refractivity contribution in [3.63, 3.8) is 0 Å². The van der Waals surface area contributed by atoms with E-state index >= 15 is 0 Å². The van der Waals surface area contributed by atoms with Gasteiger partial charge in [0.1, 0.15) is 6.61 Å². The number of carbonyl (C=O) groups excluding carboxylic acids is 1. The van der Waals surface area contributed by atoms with E-state index in [0.717, 1.165) is 11.1 Å². The molecule has 0 unspecified atom stereocenters. The fourth-order valence-corrected chi connectivity index (χ4v) is 3.73. The van der Waals surface area contributed by atoms with Crippen LogP contribution in [0, 0.1) is 6.92 Å². The van der Waals surface area contributed by atoms with Gasteiger partial charge in [0.2, 0.25) is 0 Å². The first-order chi connectivity index (χ1) is 13.4. The standard InChI is InChI=1S/C21H20N2O4S/c1-16-5-11-20(12-6-16)28(25,26)23(2)19-9-7-18(8-10-19)21(24)27-15-17-4-3-13-22-14-17/h3-14H,15H2,1-2H3. The molecule has 6 nitrogen and oxygen atoms in total. The summed E-state index contributed by atoms with van der Waals surface area (Å²) in [5, 5.41) is 0. The lowest BCUT2D eigenvalue weighted by atomic mass is 10.2. The average molecular weight is 396 g/mol. The summed E-state index contributed by atoms with van der Waals surface area (Å²) in [6, 6.07) is 16.5. The highest BCUT2D eigenvalue weighted by Crippen LogP contribution is 2.23. The van der Waals surface area contributed by atoms with E-state index in [1.165, 1.54) is 11.4 Å². The Morgan fingerprint density at radius 1 is 1.04 bits per heavy atom. The van der Waals surface area contributed by atoms with Gasteiger partial charge in [-0.05, 0) is 49.4 Å². The molecule has 0 bridgehead atoms. The molecule has 0 fully saturated rings. The summed E-state index contributed by atoms with van der Waals surface area (Å²) >= 11 is 0. The van der Waals surface area contributed by atoms with Gasteiger partial charge < -0.3 is 4.74 Å². The van der Waals surface area contributed by atoms with Crippen LogP contribution in [0.4, 0.5) is 5.69 Å². The number of aryl methyl sites for hydroxylation is 1. The first-order valence-electron chi connectivity index (χ1n) is 8.59. The Hall–Kier alpha value is -3.19. The summed E-state index contributed by atoms with van der Waals surface area (Å²) in [6.07, 6.45) is 3.27. The lowest BCUT2D eigenvalue weighted by molar-refractivity contribution is 0.0472. The van der Waals surface area contributed by atoms with Crippen molar-refractivity contribution in [1.82, 2.24) is 4.98 Å². The van der Waals surface area contributed by atoms with Gasteiger partial charge in [0.05, 0.1) is 16.1 Å². The number of ether oxygens (including phenoxy) is 1. The van der Waals surface area contributed by atoms with Gasteiger partial charge in [-0.15, -0.1) is 0 Å². The SMILES string of the molecule is Cc1ccc(S(=O)(=O)N(C)c2ccc(C(=O)OCc3cccnc3)cc2)cc1. The summed E-state index contributed by atoms with van der Waals surface area (Å²) in [4.78, 5) is 16.3. The normalized spacial score (nSPS) is 11.1. The van der Waals surface area contributed by atoms with Gasteiger partial charge in [0, 0.05) is 25.0 Å². The van der Waals surface area contributed by atoms with E-state index in [1.54, 1.807) is 67.0 Å². The summed E-state index contributed by atoms with van der Waals surface area (Å²) in [5.74, 6) is -0.487. The molecule has 1 heterocycles. The van der Waals surface area contributed by atoms with Crippen LogP contribution in [0.25, 0.3) is 0 Å². The monoisotopic (exact) mass is 396 g/mol. The van der Waals surface area contributed by atoms with Gasteiger partial charge in [-0.1, -0.05) is 23.8 Å². The Morgan fingerprint density at radius 2 is 1.71 bits per heavy atom. The van der Waals surface area contributed by atoms with Gasteiger partial charge >= 0.3 is 5.97 Å². The van der Waals surface area contributed by atoms with Crippen LogP contribution in [-0.4, -0.2) is 26.4 Å². The molecule has 0 N–H and O–H groups in total. The number of nitrogens with zero attached hydrogens (tertiary/aromatic N) is 2. The molecule has 2 aromatic carbocycles. The lowest BCUT2D eigenvalue weighted by Crippen LogP contribution is -2.26. The van der Waals surface area contributed by atoms with Crippen LogP contribution < -0.4 is 4.31 Å². The maximum Gasteiger partial charge on any atom is 0.338 e. The van der Waals surface area contributed by atoms with Crippen molar-refractivity contribution in [1.29, 1.82) is 0 Å². The molecule has 0 spiro atoms. The highest BCUT2D eigenvalue weighted by molar-refractivity contribution is 7.92. The number of hydrogen-bond donors (Lipinski definition) is 0. The molecule has 3 rings (SSSR count). The zero-order chi connectivity index (χ0) is 20.1. The van der Waals surface area contributed by atoms with Crippen molar-refractivity contribution < 1.29 is 17.9 Å². The Morgan fingerprint density at radius 3 is 2.32 bits per heavy atom. The van der Waals surface area contributed by atoms with Gasteiger partial charge in [0.25, 0.3) is 10.0 Å². The first-order valence-corrected chi connectivity index (χ1v) is 10.0. The number of carbonyl (C=O) groups is 1. The molecule has 0 amide bonds. The van der Waals surface area contributed by atoms with Gasteiger partial charge in [-0.2, -0.15) is 0 Å². The number of hydrogen-bond acceptors (Lipinski definition) is 5. The topological polar surface area (TPSA) is 76.6 Å². The predicted octanol–water partition coefficient (Wildman–Crippen LogP) is 3.57. The largest absolute Gasteiger partial charge is 0.457 e. The number of aromatic nitrogens is 1. The maximum atomic E-state index is 12.8. The summed E-state index contributed by atoms with van der Waals surface area (Å²) < 4.78 is 31.9. The Bertz CT molecular complexity index is 1050. The predicted molar refractivity (Wildman–Crippen MR) is 107 cm³/mol. The second-order valence-corrected chi connectivity index (χ2v) is 8.24. The quantitative estimate of drug-likeness (QED) is 0.595. The van der Waals surface area contributed by atoms with Crippen LogP contribution in [0.15, 0.2) is 78.0 Å². The fourth-order valence-electron chi connectivity index (χ4n) is 2.53. The van der Waals surface area contributed by atoms with Crippen molar-refractivity contribution in [2.75, 3.05) is 11.4 Å². The van der Waals surface area contributed by atoms with Crippen molar-refractivity contribution >= 4 is 21.7 Å². The van der Waals surface area contributed by atoms with Crippen molar-refractivity contribution in [2.24, 2.45) is 0 Å². The molecule has 0 atom stereocenters. The van der Waals surface area contributed by atoms with E-state index in [9.17, 15) is 13.2 Å². The number of rotatable bonds is 6.